The molecule has 2 aromatic rings. The van der Waals surface area contributed by atoms with Gasteiger partial charge in [0.15, 0.2) is 0 Å². The Morgan fingerprint density at radius 2 is 2.27 bits per heavy atom. The van der Waals surface area contributed by atoms with Crippen molar-refractivity contribution in [2.45, 2.75) is 6.54 Å². The predicted molar refractivity (Wildman–Crippen MR) is 55.2 cm³/mol. The Labute approximate surface area is 86.7 Å². The summed E-state index contributed by atoms with van der Waals surface area (Å²) in [5.41, 5.74) is 2.26. The Hall–Kier alpha value is -2.04. The maximum Gasteiger partial charge on any atom is 0.337 e. The van der Waals surface area contributed by atoms with Gasteiger partial charge in [-0.15, -0.1) is 5.10 Å². The molecule has 0 fully saturated rings. The molecule has 5 heteroatoms. The van der Waals surface area contributed by atoms with Crippen molar-refractivity contribution in [1.29, 1.82) is 0 Å². The molecule has 0 atom stereocenters. The number of ether oxygens (including phenoxy) is 1. The molecule has 1 aromatic heterocycles. The molecule has 1 aromatic carbocycles. The van der Waals surface area contributed by atoms with Crippen LogP contribution in [-0.4, -0.2) is 21.9 Å². The number of para-hydroxylation sites is 1. The van der Waals surface area contributed by atoms with Crippen LogP contribution in [0.4, 0.5) is 5.95 Å². The van der Waals surface area contributed by atoms with E-state index in [2.05, 4.69) is 21.5 Å². The highest BCUT2D eigenvalue weighted by atomic mass is 16.5. The van der Waals surface area contributed by atoms with Gasteiger partial charge in [-0.25, -0.2) is 0 Å². The van der Waals surface area contributed by atoms with Crippen molar-refractivity contribution in [2.75, 3.05) is 12.4 Å². The highest BCUT2D eigenvalue weighted by Crippen LogP contribution is 2.25. The van der Waals surface area contributed by atoms with Crippen LogP contribution in [0.2, 0.25) is 0 Å². The van der Waals surface area contributed by atoms with Crippen molar-refractivity contribution in [2.24, 2.45) is 0 Å². The third-order valence-corrected chi connectivity index (χ3v) is 2.43. The van der Waals surface area contributed by atoms with E-state index >= 15 is 0 Å². The lowest BCUT2D eigenvalue weighted by Gasteiger charge is -2.17. The minimum absolute atomic E-state index is 0.384. The van der Waals surface area contributed by atoms with E-state index in [4.69, 9.17) is 4.74 Å². The zero-order chi connectivity index (χ0) is 10.3. The minimum Gasteiger partial charge on any atom is -0.466 e. The van der Waals surface area contributed by atoms with E-state index in [1.807, 2.05) is 18.2 Å². The van der Waals surface area contributed by atoms with Gasteiger partial charge in [-0.1, -0.05) is 18.2 Å². The smallest absolute Gasteiger partial charge is 0.337 e. The molecule has 1 aliphatic heterocycles. The van der Waals surface area contributed by atoms with Crippen molar-refractivity contribution in [3.05, 3.63) is 29.8 Å². The van der Waals surface area contributed by atoms with Crippen LogP contribution < -0.4 is 10.1 Å². The second-order valence-electron chi connectivity index (χ2n) is 3.32. The summed E-state index contributed by atoms with van der Waals surface area (Å²) in [5.74, 6) is 0.727. The van der Waals surface area contributed by atoms with Gasteiger partial charge in [0, 0.05) is 6.54 Å². The third kappa shape index (κ3) is 1.16. The Balaban J connectivity index is 2.20. The second-order valence-corrected chi connectivity index (χ2v) is 3.32. The number of nitrogens with one attached hydrogen (secondary N) is 1. The maximum atomic E-state index is 5.00. The van der Waals surface area contributed by atoms with Crippen LogP contribution in [0, 0.1) is 0 Å². The van der Waals surface area contributed by atoms with E-state index in [0.717, 1.165) is 18.2 Å². The highest BCUT2D eigenvalue weighted by molar-refractivity contribution is 5.51. The number of fused-ring (bicyclic) bond motifs is 3. The molecule has 2 heterocycles. The van der Waals surface area contributed by atoms with Gasteiger partial charge in [-0.05, 0) is 11.6 Å². The Morgan fingerprint density at radius 1 is 1.40 bits per heavy atom. The largest absolute Gasteiger partial charge is 0.466 e. The van der Waals surface area contributed by atoms with Gasteiger partial charge in [-0.2, -0.15) is 9.67 Å². The predicted octanol–water partition coefficient (Wildman–Crippen LogP) is 1.20. The highest BCUT2D eigenvalue weighted by Gasteiger charge is 2.18. The molecular formula is C10H10N4O. The van der Waals surface area contributed by atoms with Gasteiger partial charge in [0.05, 0.1) is 12.8 Å². The van der Waals surface area contributed by atoms with Gasteiger partial charge >= 0.3 is 6.01 Å². The van der Waals surface area contributed by atoms with Gasteiger partial charge in [-0.3, -0.25) is 0 Å². The maximum absolute atomic E-state index is 5.00. The van der Waals surface area contributed by atoms with Crippen LogP contribution in [0.5, 0.6) is 6.01 Å². The van der Waals surface area contributed by atoms with Gasteiger partial charge in [0.2, 0.25) is 5.95 Å². The van der Waals surface area contributed by atoms with Crippen LogP contribution in [-0.2, 0) is 6.54 Å². The molecule has 0 spiro atoms. The molecule has 0 aliphatic carbocycles. The van der Waals surface area contributed by atoms with Crippen molar-refractivity contribution in [3.63, 3.8) is 0 Å². The molecule has 3 rings (SSSR count). The summed E-state index contributed by atoms with van der Waals surface area (Å²) in [6.45, 7) is 0.776. The first-order valence-electron chi connectivity index (χ1n) is 4.71. The molecule has 0 bridgehead atoms. The lowest BCUT2D eigenvalue weighted by atomic mass is 10.1. The quantitative estimate of drug-likeness (QED) is 0.755. The zero-order valence-corrected chi connectivity index (χ0v) is 8.27. The van der Waals surface area contributed by atoms with Crippen molar-refractivity contribution in [3.8, 4) is 11.7 Å². The lowest BCUT2D eigenvalue weighted by molar-refractivity contribution is 0.380. The molecule has 0 saturated heterocycles. The topological polar surface area (TPSA) is 52.0 Å². The van der Waals surface area contributed by atoms with E-state index in [1.165, 1.54) is 5.56 Å². The Kier molecular flexibility index (Phi) is 1.65. The average Bonchev–Trinajstić information content (AvgIpc) is 2.72. The van der Waals surface area contributed by atoms with Gasteiger partial charge in [0.1, 0.15) is 0 Å². The first kappa shape index (κ1) is 8.28. The number of methoxy groups -OCH3 is 1. The van der Waals surface area contributed by atoms with E-state index < -0.39 is 0 Å². The lowest BCUT2D eigenvalue weighted by Crippen LogP contribution is -2.15. The fraction of sp³-hybridized carbons (Fsp3) is 0.200. The van der Waals surface area contributed by atoms with Crippen molar-refractivity contribution in [1.82, 2.24) is 14.8 Å². The molecule has 0 radical (unpaired) electrons. The summed E-state index contributed by atoms with van der Waals surface area (Å²) < 4.78 is 6.76. The molecule has 0 amide bonds. The first-order valence-corrected chi connectivity index (χ1v) is 4.71. The van der Waals surface area contributed by atoms with E-state index in [9.17, 15) is 0 Å². The molecule has 76 valence electrons. The van der Waals surface area contributed by atoms with Crippen LogP contribution in [0.25, 0.3) is 5.69 Å². The van der Waals surface area contributed by atoms with Crippen molar-refractivity contribution >= 4 is 5.95 Å². The molecule has 1 aliphatic rings. The molecular weight excluding hydrogens is 192 g/mol. The second kappa shape index (κ2) is 2.98. The summed E-state index contributed by atoms with van der Waals surface area (Å²) in [4.78, 5) is 4.19. The third-order valence-electron chi connectivity index (χ3n) is 2.43. The van der Waals surface area contributed by atoms with Gasteiger partial charge < -0.3 is 10.1 Å². The van der Waals surface area contributed by atoms with E-state index in [0.29, 0.717) is 6.01 Å². The number of rotatable bonds is 1. The van der Waals surface area contributed by atoms with Crippen LogP contribution in [0.15, 0.2) is 24.3 Å². The summed E-state index contributed by atoms with van der Waals surface area (Å²) in [6.07, 6.45) is 0. The Morgan fingerprint density at radius 3 is 3.13 bits per heavy atom. The first-order chi connectivity index (χ1) is 7.38. The average molecular weight is 202 g/mol. The number of aromatic nitrogens is 3. The molecule has 0 unspecified atom stereocenters. The number of anilines is 1. The molecule has 0 saturated carbocycles. The standard InChI is InChI=1S/C10H10N4O/c1-15-10-12-9-11-6-7-4-2-3-5-8(7)14(9)13-10/h2-5H,6H2,1H3,(H,11,12,13). The minimum atomic E-state index is 0.384. The SMILES string of the molecule is COc1nc2n(n1)-c1ccccc1CN2. The van der Waals surface area contributed by atoms with Crippen LogP contribution in [0.1, 0.15) is 5.56 Å². The summed E-state index contributed by atoms with van der Waals surface area (Å²) >= 11 is 0. The summed E-state index contributed by atoms with van der Waals surface area (Å²) in [5, 5.41) is 7.41. The van der Waals surface area contributed by atoms with E-state index in [-0.39, 0.29) is 0 Å². The molecule has 15 heavy (non-hydrogen) atoms. The molecule has 5 nitrogen and oxygen atoms in total. The fourth-order valence-corrected chi connectivity index (χ4v) is 1.70. The summed E-state index contributed by atoms with van der Waals surface area (Å²) in [6, 6.07) is 8.48. The van der Waals surface area contributed by atoms with Crippen LogP contribution >= 0.6 is 0 Å². The molecule has 1 N–H and O–H groups in total. The van der Waals surface area contributed by atoms with Gasteiger partial charge in [0.25, 0.3) is 0 Å². The van der Waals surface area contributed by atoms with Crippen molar-refractivity contribution < 1.29 is 4.74 Å². The fourth-order valence-electron chi connectivity index (χ4n) is 1.70. The number of hydrogen-bond donors (Lipinski definition) is 1. The number of nitrogens with zero attached hydrogens (tertiary/aromatic N) is 3. The zero-order valence-electron chi connectivity index (χ0n) is 8.27. The number of benzene rings is 1. The normalized spacial score (nSPS) is 12.6. The van der Waals surface area contributed by atoms with E-state index in [1.54, 1.807) is 11.8 Å². The summed E-state index contributed by atoms with van der Waals surface area (Å²) in [7, 11) is 1.56. The monoisotopic (exact) mass is 202 g/mol. The van der Waals surface area contributed by atoms with Crippen LogP contribution in [0.3, 0.4) is 0 Å². The number of hydrogen-bond acceptors (Lipinski definition) is 4. The Bertz CT molecular complexity index is 506.